The quantitative estimate of drug-likeness (QED) is 0.599. The summed E-state index contributed by atoms with van der Waals surface area (Å²) in [6.45, 7) is 6.74. The molecule has 0 bridgehead atoms. The van der Waals surface area contributed by atoms with Crippen LogP contribution in [-0.4, -0.2) is 51.1 Å². The predicted molar refractivity (Wildman–Crippen MR) is 124 cm³/mol. The number of halogens is 1. The van der Waals surface area contributed by atoms with Crippen molar-refractivity contribution in [3.05, 3.63) is 45.8 Å². The first kappa shape index (κ1) is 25.3. The third kappa shape index (κ3) is 5.85. The second-order valence-electron chi connectivity index (χ2n) is 7.21. The number of rotatable bonds is 7. The van der Waals surface area contributed by atoms with Gasteiger partial charge in [-0.05, 0) is 56.1 Å². The molecule has 0 saturated carbocycles. The Morgan fingerprint density at radius 1 is 1.19 bits per heavy atom. The number of amides is 1. The molecule has 31 heavy (non-hydrogen) atoms. The Balaban J connectivity index is 0.00000341. The zero-order chi connectivity index (χ0) is 21.9. The van der Waals surface area contributed by atoms with Gasteiger partial charge in [-0.15, -0.1) is 23.7 Å². The van der Waals surface area contributed by atoms with E-state index < -0.39 is 21.7 Å². The van der Waals surface area contributed by atoms with Crippen molar-refractivity contribution in [2.45, 2.75) is 38.1 Å². The number of benzene rings is 1. The van der Waals surface area contributed by atoms with Crippen LogP contribution in [0.2, 0.25) is 0 Å². The van der Waals surface area contributed by atoms with E-state index in [9.17, 15) is 18.0 Å². The van der Waals surface area contributed by atoms with E-state index in [1.54, 1.807) is 6.92 Å². The summed E-state index contributed by atoms with van der Waals surface area (Å²) in [5, 5.41) is 3.32. The number of ether oxygens (including phenoxy) is 1. The summed E-state index contributed by atoms with van der Waals surface area (Å²) >= 11 is 1.41. The highest BCUT2D eigenvalue weighted by molar-refractivity contribution is 7.90. The number of fused-ring (bicyclic) bond motifs is 1. The van der Waals surface area contributed by atoms with Crippen molar-refractivity contribution >= 4 is 50.5 Å². The first-order valence-corrected chi connectivity index (χ1v) is 12.6. The molecule has 2 aromatic rings. The van der Waals surface area contributed by atoms with E-state index >= 15 is 0 Å². The van der Waals surface area contributed by atoms with Crippen molar-refractivity contribution in [3.8, 4) is 0 Å². The molecule has 2 heterocycles. The maximum atomic E-state index is 12.8. The van der Waals surface area contributed by atoms with Crippen molar-refractivity contribution in [2.75, 3.05) is 31.3 Å². The van der Waals surface area contributed by atoms with Gasteiger partial charge in [0.25, 0.3) is 5.91 Å². The lowest BCUT2D eigenvalue weighted by Crippen LogP contribution is -2.30. The Kier molecular flexibility index (Phi) is 8.65. The van der Waals surface area contributed by atoms with Crippen molar-refractivity contribution < 1.29 is 22.7 Å². The molecule has 0 spiro atoms. The van der Waals surface area contributed by atoms with E-state index in [4.69, 9.17) is 4.74 Å². The second kappa shape index (κ2) is 10.6. The average molecular weight is 487 g/mol. The minimum atomic E-state index is -3.34. The van der Waals surface area contributed by atoms with Gasteiger partial charge in [-0.25, -0.2) is 13.2 Å². The molecule has 0 fully saturated rings. The number of nitrogens with one attached hydrogen (secondary N) is 1. The summed E-state index contributed by atoms with van der Waals surface area (Å²) in [7, 11) is -3.34. The minimum Gasteiger partial charge on any atom is -0.462 e. The highest BCUT2D eigenvalue weighted by Crippen LogP contribution is 2.38. The van der Waals surface area contributed by atoms with Crippen LogP contribution in [-0.2, 0) is 27.5 Å². The molecule has 1 N–H and O–H groups in total. The van der Waals surface area contributed by atoms with Gasteiger partial charge in [0.1, 0.15) is 5.00 Å². The maximum absolute atomic E-state index is 12.8. The molecular formula is C21H27ClN2O5S2. The van der Waals surface area contributed by atoms with Crippen LogP contribution in [0.5, 0.6) is 0 Å². The Hall–Kier alpha value is -1.94. The fourth-order valence-corrected chi connectivity index (χ4v) is 5.40. The van der Waals surface area contributed by atoms with Crippen LogP contribution in [0.4, 0.5) is 5.00 Å². The molecule has 0 atom stereocenters. The standard InChI is InChI=1S/C21H26N2O5S2.ClH/c1-4-11-23-12-10-16-17(13-23)29-20(18(16)21(25)28-5-2)22-19(24)14-6-8-15(9-7-14)30(3,26)27;/h6-9H,4-5,10-13H2,1-3H3,(H,22,24);1H. The van der Waals surface area contributed by atoms with Gasteiger partial charge in [0.05, 0.1) is 17.1 Å². The topological polar surface area (TPSA) is 92.8 Å². The number of sulfone groups is 1. The highest BCUT2D eigenvalue weighted by atomic mass is 35.5. The third-order valence-corrected chi connectivity index (χ3v) is 7.19. The van der Waals surface area contributed by atoms with E-state index in [0.29, 0.717) is 16.1 Å². The van der Waals surface area contributed by atoms with Crippen LogP contribution in [0.25, 0.3) is 0 Å². The molecule has 1 aromatic carbocycles. The van der Waals surface area contributed by atoms with E-state index in [1.807, 2.05) is 0 Å². The summed E-state index contributed by atoms with van der Waals surface area (Å²) in [4.78, 5) is 29.0. The summed E-state index contributed by atoms with van der Waals surface area (Å²) in [5.74, 6) is -0.828. The molecule has 10 heteroatoms. The van der Waals surface area contributed by atoms with Crippen LogP contribution < -0.4 is 5.32 Å². The first-order valence-electron chi connectivity index (χ1n) is 9.90. The van der Waals surface area contributed by atoms with Gasteiger partial charge in [0.2, 0.25) is 0 Å². The number of hydrogen-bond donors (Lipinski definition) is 1. The second-order valence-corrected chi connectivity index (χ2v) is 10.3. The summed E-state index contributed by atoms with van der Waals surface area (Å²) < 4.78 is 28.5. The summed E-state index contributed by atoms with van der Waals surface area (Å²) in [6, 6.07) is 5.73. The molecule has 1 aliphatic heterocycles. The Labute approximate surface area is 193 Å². The van der Waals surface area contributed by atoms with Crippen molar-refractivity contribution in [1.82, 2.24) is 4.90 Å². The van der Waals surface area contributed by atoms with E-state index in [1.165, 1.54) is 35.6 Å². The zero-order valence-corrected chi connectivity index (χ0v) is 20.2. The van der Waals surface area contributed by atoms with Gasteiger partial charge < -0.3 is 10.1 Å². The van der Waals surface area contributed by atoms with Crippen LogP contribution >= 0.6 is 23.7 Å². The molecule has 0 saturated heterocycles. The van der Waals surface area contributed by atoms with E-state index in [2.05, 4.69) is 17.1 Å². The average Bonchev–Trinajstić information content (AvgIpc) is 3.05. The van der Waals surface area contributed by atoms with Gasteiger partial charge in [0.15, 0.2) is 9.84 Å². The molecular weight excluding hydrogens is 460 g/mol. The number of carbonyl (C=O) groups excluding carboxylic acids is 2. The Morgan fingerprint density at radius 2 is 1.87 bits per heavy atom. The van der Waals surface area contributed by atoms with Crippen LogP contribution in [0.15, 0.2) is 29.2 Å². The number of carbonyl (C=O) groups is 2. The zero-order valence-electron chi connectivity index (χ0n) is 17.8. The molecule has 1 aromatic heterocycles. The molecule has 170 valence electrons. The number of thiophene rings is 1. The number of esters is 1. The van der Waals surface area contributed by atoms with Gasteiger partial charge >= 0.3 is 5.97 Å². The third-order valence-electron chi connectivity index (χ3n) is 4.93. The molecule has 1 aliphatic rings. The van der Waals surface area contributed by atoms with E-state index in [0.717, 1.165) is 49.2 Å². The molecule has 1 amide bonds. The van der Waals surface area contributed by atoms with E-state index in [-0.39, 0.29) is 23.9 Å². The van der Waals surface area contributed by atoms with Crippen molar-refractivity contribution in [2.24, 2.45) is 0 Å². The SMILES string of the molecule is CCCN1CCc2c(sc(NC(=O)c3ccc(S(C)(=O)=O)cc3)c2C(=O)OCC)C1.Cl. The van der Waals surface area contributed by atoms with Gasteiger partial charge in [0, 0.05) is 29.8 Å². The molecule has 7 nitrogen and oxygen atoms in total. The van der Waals surface area contributed by atoms with Crippen LogP contribution in [0, 0.1) is 0 Å². The Bertz CT molecular complexity index is 1050. The van der Waals surface area contributed by atoms with Gasteiger partial charge in [-0.3, -0.25) is 9.69 Å². The van der Waals surface area contributed by atoms with Crippen molar-refractivity contribution in [1.29, 1.82) is 0 Å². The fourth-order valence-electron chi connectivity index (χ4n) is 3.50. The van der Waals surface area contributed by atoms with Crippen LogP contribution in [0.1, 0.15) is 51.4 Å². The summed E-state index contributed by atoms with van der Waals surface area (Å²) in [5.41, 5.74) is 1.71. The lowest BCUT2D eigenvalue weighted by molar-refractivity contribution is 0.0526. The molecule has 0 aliphatic carbocycles. The molecule has 0 radical (unpaired) electrons. The fraction of sp³-hybridized carbons (Fsp3) is 0.429. The lowest BCUT2D eigenvalue weighted by Gasteiger charge is -2.26. The minimum absolute atomic E-state index is 0. The first-order chi connectivity index (χ1) is 14.2. The Morgan fingerprint density at radius 3 is 2.45 bits per heavy atom. The van der Waals surface area contributed by atoms with Crippen molar-refractivity contribution in [3.63, 3.8) is 0 Å². The largest absolute Gasteiger partial charge is 0.462 e. The normalized spacial score (nSPS) is 13.8. The summed E-state index contributed by atoms with van der Waals surface area (Å²) in [6.07, 6.45) is 2.91. The van der Waals surface area contributed by atoms with Gasteiger partial charge in [-0.1, -0.05) is 6.92 Å². The monoisotopic (exact) mass is 486 g/mol. The number of hydrogen-bond acceptors (Lipinski definition) is 7. The van der Waals surface area contributed by atoms with Crippen LogP contribution in [0.3, 0.4) is 0 Å². The lowest BCUT2D eigenvalue weighted by atomic mass is 10.0. The number of nitrogens with zero attached hydrogens (tertiary/aromatic N) is 1. The molecule has 0 unspecified atom stereocenters. The maximum Gasteiger partial charge on any atom is 0.341 e. The smallest absolute Gasteiger partial charge is 0.341 e. The molecule has 3 rings (SSSR count). The van der Waals surface area contributed by atoms with Gasteiger partial charge in [-0.2, -0.15) is 0 Å². The highest BCUT2D eigenvalue weighted by Gasteiger charge is 2.29. The predicted octanol–water partition coefficient (Wildman–Crippen LogP) is 3.77. The number of anilines is 1.